The molecule has 0 aliphatic rings. The van der Waals surface area contributed by atoms with Crippen LogP contribution in [0.5, 0.6) is 0 Å². The highest BCUT2D eigenvalue weighted by Gasteiger charge is 2.21. The van der Waals surface area contributed by atoms with E-state index in [1.807, 2.05) is 6.92 Å². The molecule has 2 aromatic rings. The minimum atomic E-state index is -0.591. The number of primary amides is 1. The Bertz CT molecular complexity index is 720. The smallest absolute Gasteiger partial charge is 0.267 e. The van der Waals surface area contributed by atoms with Crippen LogP contribution in [0.1, 0.15) is 40.7 Å². The van der Waals surface area contributed by atoms with Crippen molar-refractivity contribution < 1.29 is 14.0 Å². The predicted octanol–water partition coefficient (Wildman–Crippen LogP) is 1.96. The summed E-state index contributed by atoms with van der Waals surface area (Å²) in [6.07, 6.45) is 1.81. The highest BCUT2D eigenvalue weighted by molar-refractivity contribution is 5.95. The molecule has 1 heterocycles. The number of benzene rings is 1. The molecule has 1 amide bonds. The summed E-state index contributed by atoms with van der Waals surface area (Å²) in [5.74, 6) is -0.994. The number of halogens is 1. The van der Waals surface area contributed by atoms with Crippen LogP contribution >= 0.6 is 0 Å². The molecule has 122 valence electrons. The van der Waals surface area contributed by atoms with Crippen LogP contribution in [0.3, 0.4) is 0 Å². The van der Waals surface area contributed by atoms with Gasteiger partial charge in [0.25, 0.3) is 5.91 Å². The minimum Gasteiger partial charge on any atom is -0.364 e. The van der Waals surface area contributed by atoms with E-state index in [9.17, 15) is 14.0 Å². The normalized spacial score (nSPS) is 10.7. The van der Waals surface area contributed by atoms with Crippen LogP contribution in [-0.2, 0) is 31.1 Å². The zero-order valence-corrected chi connectivity index (χ0v) is 13.3. The van der Waals surface area contributed by atoms with Gasteiger partial charge in [0.15, 0.2) is 0 Å². The van der Waals surface area contributed by atoms with Crippen molar-refractivity contribution >= 4 is 11.7 Å². The van der Waals surface area contributed by atoms with Crippen LogP contribution < -0.4 is 5.73 Å². The average molecular weight is 317 g/mol. The fourth-order valence-electron chi connectivity index (χ4n) is 2.64. The first-order chi connectivity index (χ1) is 10.9. The van der Waals surface area contributed by atoms with Crippen molar-refractivity contribution in [3.8, 4) is 0 Å². The highest BCUT2D eigenvalue weighted by Crippen LogP contribution is 2.17. The van der Waals surface area contributed by atoms with Crippen molar-refractivity contribution in [3.05, 3.63) is 52.6 Å². The fourth-order valence-corrected chi connectivity index (χ4v) is 2.64. The Morgan fingerprint density at radius 2 is 1.87 bits per heavy atom. The molecule has 2 N–H and O–H groups in total. The van der Waals surface area contributed by atoms with E-state index in [1.165, 1.54) is 16.8 Å². The molecule has 0 fully saturated rings. The van der Waals surface area contributed by atoms with Crippen molar-refractivity contribution in [3.63, 3.8) is 0 Å². The lowest BCUT2D eigenvalue weighted by Gasteiger charge is -2.05. The summed E-state index contributed by atoms with van der Waals surface area (Å²) < 4.78 is 14.3. The van der Waals surface area contributed by atoms with Gasteiger partial charge in [-0.05, 0) is 24.1 Å². The van der Waals surface area contributed by atoms with Crippen LogP contribution in [0.2, 0.25) is 0 Å². The molecule has 0 bridgehead atoms. The Hall–Kier alpha value is -2.50. The van der Waals surface area contributed by atoms with Gasteiger partial charge in [0.05, 0.1) is 5.69 Å². The molecule has 0 aliphatic carbocycles. The second-order valence-electron chi connectivity index (χ2n) is 5.53. The van der Waals surface area contributed by atoms with Crippen LogP contribution in [0.15, 0.2) is 24.3 Å². The van der Waals surface area contributed by atoms with E-state index in [-0.39, 0.29) is 30.1 Å². The Kier molecular flexibility index (Phi) is 5.26. The molecule has 6 heteroatoms. The van der Waals surface area contributed by atoms with E-state index in [0.29, 0.717) is 12.0 Å². The molecule has 0 saturated heterocycles. The van der Waals surface area contributed by atoms with Gasteiger partial charge in [-0.1, -0.05) is 25.5 Å². The molecule has 0 aliphatic heterocycles. The van der Waals surface area contributed by atoms with Crippen LogP contribution in [0, 0.1) is 5.82 Å². The summed E-state index contributed by atoms with van der Waals surface area (Å²) in [5, 5.41) is 4.31. The number of Topliss-reactive ketones (excluding diaryl/α,β-unsaturated/α-hetero) is 1. The second-order valence-corrected chi connectivity index (χ2v) is 5.53. The summed E-state index contributed by atoms with van der Waals surface area (Å²) in [5.41, 5.74) is 7.77. The molecule has 0 unspecified atom stereocenters. The van der Waals surface area contributed by atoms with Crippen LogP contribution in [0.25, 0.3) is 0 Å². The van der Waals surface area contributed by atoms with E-state index in [0.717, 1.165) is 17.7 Å². The maximum Gasteiger partial charge on any atom is 0.267 e. The van der Waals surface area contributed by atoms with Crippen molar-refractivity contribution in [1.29, 1.82) is 0 Å². The van der Waals surface area contributed by atoms with Gasteiger partial charge >= 0.3 is 0 Å². The number of rotatable bonds is 7. The summed E-state index contributed by atoms with van der Waals surface area (Å²) in [6, 6.07) is 5.81. The Morgan fingerprint density at radius 3 is 2.43 bits per heavy atom. The van der Waals surface area contributed by atoms with Gasteiger partial charge in [0.2, 0.25) is 0 Å². The van der Waals surface area contributed by atoms with E-state index in [1.54, 1.807) is 19.2 Å². The van der Waals surface area contributed by atoms with Gasteiger partial charge in [-0.2, -0.15) is 5.10 Å². The summed E-state index contributed by atoms with van der Waals surface area (Å²) in [4.78, 5) is 24.0. The number of hydrogen-bond acceptors (Lipinski definition) is 3. The SMILES string of the molecule is CCCc1nn(C)c(C(N)=O)c1CC(=O)Cc1ccc(F)cc1. The van der Waals surface area contributed by atoms with Crippen LogP contribution in [-0.4, -0.2) is 21.5 Å². The Balaban J connectivity index is 2.22. The van der Waals surface area contributed by atoms with Gasteiger partial charge in [0, 0.05) is 25.5 Å². The topological polar surface area (TPSA) is 78.0 Å². The number of nitrogens with two attached hydrogens (primary N) is 1. The zero-order chi connectivity index (χ0) is 17.0. The molecule has 0 saturated carbocycles. The number of amides is 1. The quantitative estimate of drug-likeness (QED) is 0.848. The van der Waals surface area contributed by atoms with Crippen LogP contribution in [0.4, 0.5) is 4.39 Å². The molecular weight excluding hydrogens is 297 g/mol. The third-order valence-corrected chi connectivity index (χ3v) is 3.64. The largest absolute Gasteiger partial charge is 0.364 e. The van der Waals surface area contributed by atoms with Gasteiger partial charge in [-0.3, -0.25) is 14.3 Å². The standard InChI is InChI=1S/C17H20FN3O2/c1-3-4-15-14(16(17(19)23)21(2)20-15)10-13(22)9-11-5-7-12(18)8-6-11/h5-8H,3-4,9-10H2,1-2H3,(H2,19,23). The molecule has 1 aromatic heterocycles. The van der Waals surface area contributed by atoms with Crippen molar-refractivity contribution in [2.45, 2.75) is 32.6 Å². The number of aryl methyl sites for hydroxylation is 2. The molecule has 0 radical (unpaired) electrons. The monoisotopic (exact) mass is 317 g/mol. The molecule has 23 heavy (non-hydrogen) atoms. The first kappa shape index (κ1) is 16.9. The number of nitrogens with zero attached hydrogens (tertiary/aromatic N) is 2. The average Bonchev–Trinajstić information content (AvgIpc) is 2.77. The number of aromatic nitrogens is 2. The fraction of sp³-hybridized carbons (Fsp3) is 0.353. The number of carbonyl (C=O) groups is 2. The molecule has 0 atom stereocenters. The first-order valence-electron chi connectivity index (χ1n) is 7.53. The number of ketones is 1. The number of carbonyl (C=O) groups excluding carboxylic acids is 2. The lowest BCUT2D eigenvalue weighted by molar-refractivity contribution is -0.117. The molecule has 1 aromatic carbocycles. The van der Waals surface area contributed by atoms with Gasteiger partial charge in [-0.25, -0.2) is 4.39 Å². The maximum absolute atomic E-state index is 12.9. The van der Waals surface area contributed by atoms with Gasteiger partial charge < -0.3 is 5.73 Å². The van der Waals surface area contributed by atoms with Gasteiger partial charge in [-0.15, -0.1) is 0 Å². The maximum atomic E-state index is 12.9. The van der Waals surface area contributed by atoms with E-state index in [2.05, 4.69) is 5.10 Å². The third-order valence-electron chi connectivity index (χ3n) is 3.64. The summed E-state index contributed by atoms with van der Waals surface area (Å²) in [7, 11) is 1.65. The summed E-state index contributed by atoms with van der Waals surface area (Å²) >= 11 is 0. The predicted molar refractivity (Wildman–Crippen MR) is 84.5 cm³/mol. The summed E-state index contributed by atoms with van der Waals surface area (Å²) in [6.45, 7) is 2.00. The molecule has 0 spiro atoms. The number of hydrogen-bond donors (Lipinski definition) is 1. The lowest BCUT2D eigenvalue weighted by Crippen LogP contribution is -2.19. The van der Waals surface area contributed by atoms with Crippen molar-refractivity contribution in [2.75, 3.05) is 0 Å². The van der Waals surface area contributed by atoms with Gasteiger partial charge in [0.1, 0.15) is 17.3 Å². The minimum absolute atomic E-state index is 0.0653. The van der Waals surface area contributed by atoms with Crippen molar-refractivity contribution in [2.24, 2.45) is 12.8 Å². The third kappa shape index (κ3) is 4.03. The van der Waals surface area contributed by atoms with E-state index < -0.39 is 5.91 Å². The van der Waals surface area contributed by atoms with E-state index >= 15 is 0 Å². The van der Waals surface area contributed by atoms with Crippen molar-refractivity contribution in [1.82, 2.24) is 9.78 Å². The molecule has 5 nitrogen and oxygen atoms in total. The van der Waals surface area contributed by atoms with E-state index in [4.69, 9.17) is 5.73 Å². The second kappa shape index (κ2) is 7.17. The Labute approximate surface area is 134 Å². The molecular formula is C17H20FN3O2. The lowest BCUT2D eigenvalue weighted by atomic mass is 9.99. The Morgan fingerprint density at radius 1 is 1.22 bits per heavy atom. The highest BCUT2D eigenvalue weighted by atomic mass is 19.1. The molecule has 2 rings (SSSR count). The zero-order valence-electron chi connectivity index (χ0n) is 13.3. The first-order valence-corrected chi connectivity index (χ1v) is 7.53.